The first kappa shape index (κ1) is 14.1. The van der Waals surface area contributed by atoms with E-state index in [4.69, 9.17) is 5.73 Å². The number of hydrogen-bond donors (Lipinski definition) is 1. The number of halogens is 2. The minimum atomic E-state index is -0.531. The molecule has 0 saturated heterocycles. The Balaban J connectivity index is 2.03. The molecule has 0 saturated carbocycles. The van der Waals surface area contributed by atoms with Gasteiger partial charge in [0.2, 0.25) is 0 Å². The van der Waals surface area contributed by atoms with Gasteiger partial charge in [0.15, 0.2) is 0 Å². The van der Waals surface area contributed by atoms with Crippen LogP contribution in [0.15, 0.2) is 34.8 Å². The SMILES string of the molecule is Cc1cc2c(cc1N)N(C(=O)c1cccc(Br)c1F)CC2. The molecule has 1 heterocycles. The summed E-state index contributed by atoms with van der Waals surface area (Å²) >= 11 is 3.11. The van der Waals surface area contributed by atoms with Crippen molar-refractivity contribution in [2.45, 2.75) is 13.3 Å². The number of nitrogens with two attached hydrogens (primary N) is 1. The van der Waals surface area contributed by atoms with Crippen molar-refractivity contribution in [1.82, 2.24) is 0 Å². The number of hydrogen-bond acceptors (Lipinski definition) is 2. The lowest BCUT2D eigenvalue weighted by atomic mass is 10.1. The van der Waals surface area contributed by atoms with Crippen LogP contribution in [-0.4, -0.2) is 12.5 Å². The van der Waals surface area contributed by atoms with Gasteiger partial charge in [0.05, 0.1) is 10.0 Å². The standard InChI is InChI=1S/C16H14BrFN2O/c1-9-7-10-5-6-20(14(10)8-13(9)19)16(21)11-3-2-4-12(17)15(11)18/h2-4,7-8H,5-6,19H2,1H3. The van der Waals surface area contributed by atoms with E-state index in [1.54, 1.807) is 23.1 Å². The summed E-state index contributed by atoms with van der Waals surface area (Å²) < 4.78 is 14.4. The third-order valence-electron chi connectivity index (χ3n) is 3.79. The van der Waals surface area contributed by atoms with Crippen LogP contribution in [0.2, 0.25) is 0 Å². The van der Waals surface area contributed by atoms with Gasteiger partial charge < -0.3 is 10.6 Å². The van der Waals surface area contributed by atoms with E-state index in [2.05, 4.69) is 15.9 Å². The fourth-order valence-electron chi connectivity index (χ4n) is 2.60. The molecule has 2 aromatic carbocycles. The number of nitrogens with zero attached hydrogens (tertiary/aromatic N) is 1. The van der Waals surface area contributed by atoms with Crippen LogP contribution >= 0.6 is 15.9 Å². The number of fused-ring (bicyclic) bond motifs is 1. The van der Waals surface area contributed by atoms with Crippen LogP contribution in [0.1, 0.15) is 21.5 Å². The molecule has 0 radical (unpaired) electrons. The molecule has 0 atom stereocenters. The van der Waals surface area contributed by atoms with Crippen LogP contribution in [0.3, 0.4) is 0 Å². The maximum atomic E-state index is 14.1. The van der Waals surface area contributed by atoms with E-state index in [1.807, 2.05) is 13.0 Å². The highest BCUT2D eigenvalue weighted by molar-refractivity contribution is 9.10. The van der Waals surface area contributed by atoms with Gasteiger partial charge in [0, 0.05) is 17.9 Å². The molecule has 0 aromatic heterocycles. The fourth-order valence-corrected chi connectivity index (χ4v) is 2.97. The lowest BCUT2D eigenvalue weighted by Crippen LogP contribution is -2.29. The smallest absolute Gasteiger partial charge is 0.261 e. The van der Waals surface area contributed by atoms with Crippen LogP contribution in [0.25, 0.3) is 0 Å². The highest BCUT2D eigenvalue weighted by Gasteiger charge is 2.28. The number of nitrogen functional groups attached to an aromatic ring is 1. The summed E-state index contributed by atoms with van der Waals surface area (Å²) in [6, 6.07) is 8.52. The van der Waals surface area contributed by atoms with Gasteiger partial charge in [-0.25, -0.2) is 4.39 Å². The molecule has 21 heavy (non-hydrogen) atoms. The molecule has 1 aliphatic rings. The molecule has 1 amide bonds. The average molecular weight is 349 g/mol. The summed E-state index contributed by atoms with van der Waals surface area (Å²) in [5.74, 6) is -0.869. The minimum Gasteiger partial charge on any atom is -0.398 e. The summed E-state index contributed by atoms with van der Waals surface area (Å²) in [6.45, 7) is 2.48. The lowest BCUT2D eigenvalue weighted by Gasteiger charge is -2.18. The van der Waals surface area contributed by atoms with Crippen molar-refractivity contribution in [3.05, 3.63) is 57.3 Å². The number of amides is 1. The average Bonchev–Trinajstić information content (AvgIpc) is 2.84. The van der Waals surface area contributed by atoms with E-state index in [1.165, 1.54) is 6.07 Å². The maximum absolute atomic E-state index is 14.1. The highest BCUT2D eigenvalue weighted by Crippen LogP contribution is 2.33. The monoisotopic (exact) mass is 348 g/mol. The molecule has 2 N–H and O–H groups in total. The van der Waals surface area contributed by atoms with Crippen molar-refractivity contribution >= 4 is 33.2 Å². The van der Waals surface area contributed by atoms with E-state index in [-0.39, 0.29) is 15.9 Å². The second-order valence-electron chi connectivity index (χ2n) is 5.15. The summed E-state index contributed by atoms with van der Waals surface area (Å²) in [5.41, 5.74) is 9.49. The van der Waals surface area contributed by atoms with Crippen molar-refractivity contribution < 1.29 is 9.18 Å². The zero-order valence-electron chi connectivity index (χ0n) is 11.5. The van der Waals surface area contributed by atoms with Crippen LogP contribution < -0.4 is 10.6 Å². The van der Waals surface area contributed by atoms with Crippen LogP contribution in [0.5, 0.6) is 0 Å². The normalized spacial score (nSPS) is 13.4. The van der Waals surface area contributed by atoms with Crippen molar-refractivity contribution in [2.24, 2.45) is 0 Å². The summed E-state index contributed by atoms with van der Waals surface area (Å²) in [6.07, 6.45) is 0.762. The van der Waals surface area contributed by atoms with Crippen molar-refractivity contribution in [3.8, 4) is 0 Å². The molecule has 108 valence electrons. The van der Waals surface area contributed by atoms with Gasteiger partial charge in [-0.05, 0) is 58.6 Å². The Morgan fingerprint density at radius 2 is 2.14 bits per heavy atom. The maximum Gasteiger partial charge on any atom is 0.261 e. The van der Waals surface area contributed by atoms with Gasteiger partial charge in [0.25, 0.3) is 5.91 Å². The zero-order valence-corrected chi connectivity index (χ0v) is 13.1. The molecule has 0 spiro atoms. The third kappa shape index (κ3) is 2.31. The summed E-state index contributed by atoms with van der Waals surface area (Å²) in [7, 11) is 0. The van der Waals surface area contributed by atoms with E-state index in [9.17, 15) is 9.18 Å². The van der Waals surface area contributed by atoms with Gasteiger partial charge in [-0.2, -0.15) is 0 Å². The van der Waals surface area contributed by atoms with E-state index < -0.39 is 5.82 Å². The van der Waals surface area contributed by atoms with Crippen molar-refractivity contribution in [1.29, 1.82) is 0 Å². The van der Waals surface area contributed by atoms with Crippen LogP contribution in [0.4, 0.5) is 15.8 Å². The molecule has 3 rings (SSSR count). The number of benzene rings is 2. The van der Waals surface area contributed by atoms with Gasteiger partial charge in [-0.3, -0.25) is 4.79 Å². The Morgan fingerprint density at radius 1 is 1.38 bits per heavy atom. The fraction of sp³-hybridized carbons (Fsp3) is 0.188. The first-order valence-corrected chi connectivity index (χ1v) is 7.43. The Morgan fingerprint density at radius 3 is 2.90 bits per heavy atom. The van der Waals surface area contributed by atoms with E-state index >= 15 is 0 Å². The molecule has 0 fully saturated rings. The minimum absolute atomic E-state index is 0.0661. The lowest BCUT2D eigenvalue weighted by molar-refractivity contribution is 0.0985. The Bertz CT molecular complexity index is 745. The number of carbonyl (C=O) groups is 1. The molecule has 0 unspecified atom stereocenters. The number of aryl methyl sites for hydroxylation is 1. The molecule has 3 nitrogen and oxygen atoms in total. The van der Waals surface area contributed by atoms with Crippen molar-refractivity contribution in [2.75, 3.05) is 17.2 Å². The molecule has 0 bridgehead atoms. The van der Waals surface area contributed by atoms with E-state index in [0.29, 0.717) is 12.2 Å². The summed E-state index contributed by atoms with van der Waals surface area (Å²) in [4.78, 5) is 14.2. The first-order valence-electron chi connectivity index (χ1n) is 6.64. The van der Waals surface area contributed by atoms with Gasteiger partial charge >= 0.3 is 0 Å². The number of rotatable bonds is 1. The molecule has 1 aliphatic heterocycles. The molecule has 2 aromatic rings. The van der Waals surface area contributed by atoms with E-state index in [0.717, 1.165) is 23.2 Å². The second-order valence-corrected chi connectivity index (χ2v) is 6.00. The van der Waals surface area contributed by atoms with Crippen molar-refractivity contribution in [3.63, 3.8) is 0 Å². The van der Waals surface area contributed by atoms with Gasteiger partial charge in [0.1, 0.15) is 5.82 Å². The van der Waals surface area contributed by atoms with Crippen LogP contribution in [-0.2, 0) is 6.42 Å². The Labute approximate surface area is 130 Å². The Hall–Kier alpha value is -1.88. The quantitative estimate of drug-likeness (QED) is 0.799. The van der Waals surface area contributed by atoms with Crippen LogP contribution in [0, 0.1) is 12.7 Å². The topological polar surface area (TPSA) is 46.3 Å². The summed E-state index contributed by atoms with van der Waals surface area (Å²) in [5, 5.41) is 0. The predicted octanol–water partition coefficient (Wildman–Crippen LogP) is 3.68. The molecular weight excluding hydrogens is 335 g/mol. The zero-order chi connectivity index (χ0) is 15.1. The number of anilines is 2. The predicted molar refractivity (Wildman–Crippen MR) is 85.1 cm³/mol. The number of carbonyl (C=O) groups excluding carboxylic acids is 1. The second kappa shape index (κ2) is 5.15. The molecule has 5 heteroatoms. The largest absolute Gasteiger partial charge is 0.398 e. The third-order valence-corrected chi connectivity index (χ3v) is 4.40. The Kier molecular flexibility index (Phi) is 3.45. The highest BCUT2D eigenvalue weighted by atomic mass is 79.9. The molecule has 0 aliphatic carbocycles. The van der Waals surface area contributed by atoms with Gasteiger partial charge in [-0.1, -0.05) is 12.1 Å². The van der Waals surface area contributed by atoms with Gasteiger partial charge in [-0.15, -0.1) is 0 Å². The molecular formula is C16H14BrFN2O. The first-order chi connectivity index (χ1) is 9.99.